The number of anilines is 1. The van der Waals surface area contributed by atoms with Crippen molar-refractivity contribution in [2.24, 2.45) is 5.92 Å². The van der Waals surface area contributed by atoms with Crippen LogP contribution in [0.3, 0.4) is 0 Å². The van der Waals surface area contributed by atoms with E-state index in [2.05, 4.69) is 29.1 Å². The van der Waals surface area contributed by atoms with E-state index in [4.69, 9.17) is 9.47 Å². The number of rotatable bonds is 9. The molecule has 0 atom stereocenters. The number of ether oxygens (including phenoxy) is 2. The van der Waals surface area contributed by atoms with Gasteiger partial charge in [-0.2, -0.15) is 0 Å². The summed E-state index contributed by atoms with van der Waals surface area (Å²) in [6.07, 6.45) is 0.894. The molecule has 0 aliphatic rings. The van der Waals surface area contributed by atoms with E-state index in [-0.39, 0.29) is 5.97 Å². The van der Waals surface area contributed by atoms with Crippen LogP contribution in [-0.4, -0.2) is 42.3 Å². The Kier molecular flexibility index (Phi) is 7.13. The fraction of sp³-hybridized carbons (Fsp3) is 0.611. The third-order valence-corrected chi connectivity index (χ3v) is 4.74. The Balaban J connectivity index is 2.12. The smallest absolute Gasteiger partial charge is 0.348 e. The lowest BCUT2D eigenvalue weighted by Gasteiger charge is -2.10. The molecule has 0 saturated heterocycles. The highest BCUT2D eigenvalue weighted by Gasteiger charge is 2.20. The van der Waals surface area contributed by atoms with Gasteiger partial charge in [-0.3, -0.25) is 0 Å². The van der Waals surface area contributed by atoms with Gasteiger partial charge in [0.2, 0.25) is 0 Å². The van der Waals surface area contributed by atoms with Gasteiger partial charge in [-0.25, -0.2) is 14.8 Å². The number of aryl methyl sites for hydroxylation is 2. The van der Waals surface area contributed by atoms with E-state index in [1.807, 2.05) is 13.8 Å². The van der Waals surface area contributed by atoms with Gasteiger partial charge in [0.1, 0.15) is 21.3 Å². The second-order valence-corrected chi connectivity index (χ2v) is 7.32. The monoisotopic (exact) mass is 365 g/mol. The van der Waals surface area contributed by atoms with E-state index in [9.17, 15) is 4.79 Å². The lowest BCUT2D eigenvalue weighted by molar-refractivity contribution is 0.0531. The van der Waals surface area contributed by atoms with Gasteiger partial charge in [0.05, 0.1) is 12.0 Å². The molecule has 2 aromatic heterocycles. The largest absolute Gasteiger partial charge is 0.462 e. The molecule has 2 heterocycles. The summed E-state index contributed by atoms with van der Waals surface area (Å²) >= 11 is 1.36. The molecule has 25 heavy (non-hydrogen) atoms. The maximum Gasteiger partial charge on any atom is 0.348 e. The third kappa shape index (κ3) is 5.12. The fourth-order valence-corrected chi connectivity index (χ4v) is 3.59. The van der Waals surface area contributed by atoms with Gasteiger partial charge < -0.3 is 14.8 Å². The Labute approximate surface area is 153 Å². The minimum Gasteiger partial charge on any atom is -0.462 e. The first-order chi connectivity index (χ1) is 11.9. The van der Waals surface area contributed by atoms with Gasteiger partial charge in [-0.1, -0.05) is 13.8 Å². The molecule has 0 spiro atoms. The van der Waals surface area contributed by atoms with Crippen molar-refractivity contribution in [2.45, 2.75) is 41.0 Å². The van der Waals surface area contributed by atoms with E-state index in [1.54, 1.807) is 6.92 Å². The number of nitrogens with one attached hydrogen (secondary N) is 1. The number of carbonyl (C=O) groups excluding carboxylic acids is 1. The summed E-state index contributed by atoms with van der Waals surface area (Å²) in [6, 6.07) is 0. The minimum absolute atomic E-state index is 0.298. The predicted octanol–water partition coefficient (Wildman–Crippen LogP) is 3.96. The van der Waals surface area contributed by atoms with Gasteiger partial charge in [-0.05, 0) is 38.7 Å². The Hall–Kier alpha value is -1.73. The normalized spacial score (nSPS) is 11.3. The van der Waals surface area contributed by atoms with Crippen LogP contribution in [0.5, 0.6) is 0 Å². The maximum absolute atomic E-state index is 12.1. The molecule has 0 bridgehead atoms. The Morgan fingerprint density at radius 3 is 2.72 bits per heavy atom. The van der Waals surface area contributed by atoms with Crippen molar-refractivity contribution in [2.75, 3.05) is 31.7 Å². The van der Waals surface area contributed by atoms with E-state index in [0.29, 0.717) is 23.2 Å². The van der Waals surface area contributed by atoms with Crippen LogP contribution in [0.25, 0.3) is 10.2 Å². The molecule has 0 unspecified atom stereocenters. The maximum atomic E-state index is 12.1. The Bertz CT molecular complexity index is 728. The molecule has 0 aromatic carbocycles. The van der Waals surface area contributed by atoms with E-state index < -0.39 is 0 Å². The molecule has 0 aliphatic heterocycles. The quantitative estimate of drug-likeness (QED) is 0.536. The number of nitrogens with zero attached hydrogens (tertiary/aromatic N) is 2. The molecule has 0 fully saturated rings. The van der Waals surface area contributed by atoms with Crippen molar-refractivity contribution in [3.63, 3.8) is 0 Å². The number of aromatic nitrogens is 2. The molecule has 2 rings (SSSR count). The van der Waals surface area contributed by atoms with Gasteiger partial charge in [0.25, 0.3) is 0 Å². The molecule has 7 heteroatoms. The summed E-state index contributed by atoms with van der Waals surface area (Å²) in [7, 11) is 0. The highest BCUT2D eigenvalue weighted by molar-refractivity contribution is 7.20. The molecular weight excluding hydrogens is 338 g/mol. The van der Waals surface area contributed by atoms with Crippen molar-refractivity contribution >= 4 is 33.3 Å². The zero-order chi connectivity index (χ0) is 18.4. The fourth-order valence-electron chi connectivity index (χ4n) is 2.46. The average molecular weight is 365 g/mol. The lowest BCUT2D eigenvalue weighted by atomic mass is 10.2. The molecule has 0 amide bonds. The van der Waals surface area contributed by atoms with Crippen LogP contribution in [0.2, 0.25) is 0 Å². The summed E-state index contributed by atoms with van der Waals surface area (Å²) in [4.78, 5) is 22.5. The second kappa shape index (κ2) is 9.10. The van der Waals surface area contributed by atoms with Gasteiger partial charge in [0, 0.05) is 19.8 Å². The Morgan fingerprint density at radius 1 is 1.28 bits per heavy atom. The van der Waals surface area contributed by atoms with Crippen molar-refractivity contribution in [1.29, 1.82) is 0 Å². The van der Waals surface area contributed by atoms with Gasteiger partial charge in [0.15, 0.2) is 0 Å². The molecular formula is C18H27N3O3S. The zero-order valence-electron chi connectivity index (χ0n) is 15.6. The summed E-state index contributed by atoms with van der Waals surface area (Å²) in [5.74, 6) is 1.71. The number of hydrogen-bond acceptors (Lipinski definition) is 7. The number of esters is 1. The van der Waals surface area contributed by atoms with Crippen LogP contribution < -0.4 is 5.32 Å². The van der Waals surface area contributed by atoms with Crippen LogP contribution in [-0.2, 0) is 9.47 Å². The molecule has 1 N–H and O–H groups in total. The molecule has 138 valence electrons. The van der Waals surface area contributed by atoms with Gasteiger partial charge in [-0.15, -0.1) is 11.3 Å². The predicted molar refractivity (Wildman–Crippen MR) is 102 cm³/mol. The van der Waals surface area contributed by atoms with Crippen LogP contribution >= 0.6 is 11.3 Å². The molecule has 0 radical (unpaired) electrons. The standard InChI is InChI=1S/C18H27N3O3S/c1-6-24-18(22)15-12(4)14-16(20-13(5)21-17(14)25-15)19-8-7-9-23-10-11(2)3/h11H,6-10H2,1-5H3,(H,19,20,21). The molecule has 0 saturated carbocycles. The first-order valence-electron chi connectivity index (χ1n) is 8.70. The van der Waals surface area contributed by atoms with E-state index >= 15 is 0 Å². The SMILES string of the molecule is CCOC(=O)c1sc2nc(C)nc(NCCCOCC(C)C)c2c1C. The highest BCUT2D eigenvalue weighted by Crippen LogP contribution is 2.34. The van der Waals surface area contributed by atoms with Gasteiger partial charge >= 0.3 is 5.97 Å². The summed E-state index contributed by atoms with van der Waals surface area (Å²) < 4.78 is 10.7. The first kappa shape index (κ1) is 19.6. The third-order valence-electron chi connectivity index (χ3n) is 3.57. The summed E-state index contributed by atoms with van der Waals surface area (Å²) in [5, 5.41) is 4.27. The lowest BCUT2D eigenvalue weighted by Crippen LogP contribution is -2.10. The van der Waals surface area contributed by atoms with Crippen molar-refractivity contribution in [1.82, 2.24) is 9.97 Å². The molecule has 0 aliphatic carbocycles. The van der Waals surface area contributed by atoms with Crippen LogP contribution in [0.4, 0.5) is 5.82 Å². The first-order valence-corrected chi connectivity index (χ1v) is 9.52. The zero-order valence-corrected chi connectivity index (χ0v) is 16.5. The van der Waals surface area contributed by atoms with Crippen LogP contribution in [0.1, 0.15) is 48.3 Å². The number of hydrogen-bond donors (Lipinski definition) is 1. The highest BCUT2D eigenvalue weighted by atomic mass is 32.1. The topological polar surface area (TPSA) is 73.3 Å². The van der Waals surface area contributed by atoms with Crippen LogP contribution in [0, 0.1) is 19.8 Å². The molecule has 6 nitrogen and oxygen atoms in total. The minimum atomic E-state index is -0.298. The Morgan fingerprint density at radius 2 is 2.04 bits per heavy atom. The second-order valence-electron chi connectivity index (χ2n) is 6.33. The number of thiophene rings is 1. The van der Waals surface area contributed by atoms with Crippen molar-refractivity contribution in [3.05, 3.63) is 16.3 Å². The van der Waals surface area contributed by atoms with E-state index in [0.717, 1.165) is 47.8 Å². The van der Waals surface area contributed by atoms with Crippen molar-refractivity contribution in [3.8, 4) is 0 Å². The van der Waals surface area contributed by atoms with Crippen LogP contribution in [0.15, 0.2) is 0 Å². The summed E-state index contributed by atoms with van der Waals surface area (Å²) in [6.45, 7) is 12.5. The van der Waals surface area contributed by atoms with Crippen molar-refractivity contribution < 1.29 is 14.3 Å². The molecule has 2 aromatic rings. The number of fused-ring (bicyclic) bond motifs is 1. The van der Waals surface area contributed by atoms with E-state index in [1.165, 1.54) is 11.3 Å². The summed E-state index contributed by atoms with van der Waals surface area (Å²) in [5.41, 5.74) is 0.872. The number of carbonyl (C=O) groups is 1. The average Bonchev–Trinajstić information content (AvgIpc) is 2.87.